The van der Waals surface area contributed by atoms with Crippen LogP contribution in [0.2, 0.25) is 0 Å². The normalized spacial score (nSPS) is 10.6. The second kappa shape index (κ2) is 9.89. The van der Waals surface area contributed by atoms with Gasteiger partial charge < -0.3 is 9.47 Å². The van der Waals surface area contributed by atoms with Crippen LogP contribution in [0.4, 0.5) is 0 Å². The number of nitrogens with one attached hydrogen (secondary N) is 1. The number of rotatable bonds is 8. The average molecular weight is 403 g/mol. The number of aromatic nitrogens is 2. The van der Waals surface area contributed by atoms with E-state index in [1.165, 1.54) is 20.4 Å². The van der Waals surface area contributed by atoms with Crippen LogP contribution in [0.15, 0.2) is 59.8 Å². The molecule has 0 radical (unpaired) electrons. The van der Waals surface area contributed by atoms with E-state index in [0.717, 1.165) is 16.8 Å². The highest BCUT2D eigenvalue weighted by Gasteiger charge is 2.12. The highest BCUT2D eigenvalue weighted by atomic mass is 16.5. The smallest absolute Gasteiger partial charge is 0.271 e. The number of ether oxygens (including phenoxy) is 2. The third kappa shape index (κ3) is 4.83. The van der Waals surface area contributed by atoms with E-state index in [2.05, 4.69) is 21.7 Å². The molecule has 1 amide bonds. The number of hydrazone groups is 1. The van der Waals surface area contributed by atoms with Crippen LogP contribution in [0, 0.1) is 11.3 Å². The first-order chi connectivity index (χ1) is 14.7. The first-order valence-corrected chi connectivity index (χ1v) is 9.21. The predicted octanol–water partition coefficient (Wildman–Crippen LogP) is 3.24. The molecule has 8 nitrogen and oxygen atoms in total. The number of nitriles is 1. The highest BCUT2D eigenvalue weighted by Crippen LogP contribution is 2.27. The van der Waals surface area contributed by atoms with Gasteiger partial charge in [0.05, 0.1) is 39.5 Å². The molecule has 30 heavy (non-hydrogen) atoms. The van der Waals surface area contributed by atoms with E-state index in [1.54, 1.807) is 29.1 Å². The van der Waals surface area contributed by atoms with Crippen molar-refractivity contribution in [1.82, 2.24) is 15.2 Å². The molecule has 152 valence electrons. The van der Waals surface area contributed by atoms with E-state index in [0.29, 0.717) is 30.0 Å². The summed E-state index contributed by atoms with van der Waals surface area (Å²) in [6.45, 7) is 0.474. The molecule has 1 aromatic heterocycles. The molecule has 0 saturated heterocycles. The molecule has 1 N–H and O–H groups in total. The summed E-state index contributed by atoms with van der Waals surface area (Å²) >= 11 is 0. The monoisotopic (exact) mass is 403 g/mol. The molecule has 0 spiro atoms. The summed E-state index contributed by atoms with van der Waals surface area (Å²) < 4.78 is 12.1. The van der Waals surface area contributed by atoms with E-state index in [4.69, 9.17) is 14.7 Å². The number of benzene rings is 2. The predicted molar refractivity (Wildman–Crippen MR) is 112 cm³/mol. The molecule has 0 saturated carbocycles. The van der Waals surface area contributed by atoms with Crippen LogP contribution in [0.1, 0.15) is 22.3 Å². The van der Waals surface area contributed by atoms with Gasteiger partial charge in [-0.15, -0.1) is 0 Å². The second-order valence-electron chi connectivity index (χ2n) is 6.24. The van der Waals surface area contributed by atoms with Crippen molar-refractivity contribution < 1.29 is 14.3 Å². The molecule has 0 aliphatic carbocycles. The number of methoxy groups -OCH3 is 2. The minimum absolute atomic E-state index is 0.350. The standard InChI is InChI=1S/C22H21N5O3/c1-29-19-10-9-17(13-20(19)30-2)22(28)25-24-14-18-15-27(12-6-11-23)26-21(18)16-7-4-3-5-8-16/h3-5,7-10,13-15H,6,12H2,1-2H3,(H,25,28)/b24-14-. The van der Waals surface area contributed by atoms with Gasteiger partial charge in [0, 0.05) is 22.9 Å². The van der Waals surface area contributed by atoms with Gasteiger partial charge in [-0.2, -0.15) is 15.5 Å². The first kappa shape index (κ1) is 20.6. The van der Waals surface area contributed by atoms with E-state index in [-0.39, 0.29) is 5.91 Å². The number of hydrogen-bond acceptors (Lipinski definition) is 6. The fraction of sp³-hybridized carbons (Fsp3) is 0.182. The van der Waals surface area contributed by atoms with Crippen LogP contribution in [0.25, 0.3) is 11.3 Å². The zero-order valence-corrected chi connectivity index (χ0v) is 16.7. The second-order valence-corrected chi connectivity index (χ2v) is 6.24. The fourth-order valence-electron chi connectivity index (χ4n) is 2.83. The summed E-state index contributed by atoms with van der Waals surface area (Å²) in [7, 11) is 3.04. The third-order valence-electron chi connectivity index (χ3n) is 4.31. The van der Waals surface area contributed by atoms with E-state index in [9.17, 15) is 4.79 Å². The van der Waals surface area contributed by atoms with Crippen LogP contribution in [0.5, 0.6) is 11.5 Å². The Morgan fingerprint density at radius 1 is 1.20 bits per heavy atom. The Kier molecular flexibility index (Phi) is 6.79. The Bertz CT molecular complexity index is 1080. The van der Waals surface area contributed by atoms with Crippen molar-refractivity contribution in [2.75, 3.05) is 14.2 Å². The molecule has 0 aliphatic heterocycles. The van der Waals surface area contributed by atoms with Crippen molar-refractivity contribution in [3.63, 3.8) is 0 Å². The maximum Gasteiger partial charge on any atom is 0.271 e. The van der Waals surface area contributed by atoms with Gasteiger partial charge in [-0.05, 0) is 18.2 Å². The summed E-state index contributed by atoms with van der Waals surface area (Å²) in [6, 6.07) is 16.6. The molecule has 2 aromatic carbocycles. The van der Waals surface area contributed by atoms with E-state index in [1.807, 2.05) is 30.3 Å². The molecule has 1 heterocycles. The topological polar surface area (TPSA) is 102 Å². The van der Waals surface area contributed by atoms with E-state index < -0.39 is 0 Å². The minimum Gasteiger partial charge on any atom is -0.493 e. The quantitative estimate of drug-likeness (QED) is 0.460. The van der Waals surface area contributed by atoms with Gasteiger partial charge in [0.2, 0.25) is 0 Å². The number of amides is 1. The summed E-state index contributed by atoms with van der Waals surface area (Å²) in [6.07, 6.45) is 3.69. The van der Waals surface area contributed by atoms with Crippen LogP contribution in [-0.4, -0.2) is 36.1 Å². The number of carbonyl (C=O) groups excluding carboxylic acids is 1. The van der Waals surface area contributed by atoms with Crippen LogP contribution >= 0.6 is 0 Å². The lowest BCUT2D eigenvalue weighted by atomic mass is 10.1. The number of aryl methyl sites for hydroxylation is 1. The fourth-order valence-corrected chi connectivity index (χ4v) is 2.83. The molecular weight excluding hydrogens is 382 g/mol. The van der Waals surface area contributed by atoms with Crippen molar-refractivity contribution in [2.45, 2.75) is 13.0 Å². The van der Waals surface area contributed by atoms with Crippen molar-refractivity contribution in [1.29, 1.82) is 5.26 Å². The molecule has 3 aromatic rings. The summed E-state index contributed by atoms with van der Waals surface area (Å²) in [5.41, 5.74) is 5.26. The molecule has 0 atom stereocenters. The van der Waals surface area contributed by atoms with Gasteiger partial charge in [0.15, 0.2) is 11.5 Å². The number of carbonyl (C=O) groups is 1. The van der Waals surface area contributed by atoms with Crippen molar-refractivity contribution >= 4 is 12.1 Å². The Morgan fingerprint density at radius 2 is 1.97 bits per heavy atom. The van der Waals surface area contributed by atoms with Crippen LogP contribution < -0.4 is 14.9 Å². The molecular formula is C22H21N5O3. The van der Waals surface area contributed by atoms with Gasteiger partial charge in [0.1, 0.15) is 5.69 Å². The Labute approximate surface area is 174 Å². The van der Waals surface area contributed by atoms with Crippen molar-refractivity contribution in [2.24, 2.45) is 5.10 Å². The van der Waals surface area contributed by atoms with Crippen molar-refractivity contribution in [3.8, 4) is 28.8 Å². The minimum atomic E-state index is -0.384. The Hall–Kier alpha value is -4.12. The van der Waals surface area contributed by atoms with Gasteiger partial charge in [0.25, 0.3) is 5.91 Å². The first-order valence-electron chi connectivity index (χ1n) is 9.21. The molecule has 0 aliphatic rings. The van der Waals surface area contributed by atoms with Crippen molar-refractivity contribution in [3.05, 3.63) is 65.9 Å². The zero-order chi connectivity index (χ0) is 21.3. The highest BCUT2D eigenvalue weighted by molar-refractivity contribution is 5.96. The Balaban J connectivity index is 1.79. The molecule has 0 fully saturated rings. The van der Waals surface area contributed by atoms with Crippen LogP contribution in [-0.2, 0) is 6.54 Å². The zero-order valence-electron chi connectivity index (χ0n) is 16.7. The third-order valence-corrected chi connectivity index (χ3v) is 4.31. The maximum absolute atomic E-state index is 12.4. The molecule has 0 bridgehead atoms. The molecule has 0 unspecified atom stereocenters. The lowest BCUT2D eigenvalue weighted by Crippen LogP contribution is -2.17. The number of hydrogen-bond donors (Lipinski definition) is 1. The summed E-state index contributed by atoms with van der Waals surface area (Å²) in [4.78, 5) is 12.4. The van der Waals surface area contributed by atoms with Gasteiger partial charge in [-0.25, -0.2) is 5.43 Å². The lowest BCUT2D eigenvalue weighted by Gasteiger charge is -2.08. The summed E-state index contributed by atoms with van der Waals surface area (Å²) in [5, 5.41) is 17.4. The summed E-state index contributed by atoms with van der Waals surface area (Å²) in [5.74, 6) is 0.611. The largest absolute Gasteiger partial charge is 0.493 e. The molecule has 8 heteroatoms. The lowest BCUT2D eigenvalue weighted by molar-refractivity contribution is 0.0954. The van der Waals surface area contributed by atoms with Gasteiger partial charge in [-0.1, -0.05) is 30.3 Å². The van der Waals surface area contributed by atoms with Gasteiger partial charge >= 0.3 is 0 Å². The SMILES string of the molecule is COc1ccc(C(=O)N/N=C\c2cn(CCC#N)nc2-c2ccccc2)cc1OC. The maximum atomic E-state index is 12.4. The van der Waals surface area contributed by atoms with E-state index >= 15 is 0 Å². The number of nitrogens with zero attached hydrogens (tertiary/aromatic N) is 4. The average Bonchev–Trinajstić information content (AvgIpc) is 3.20. The van der Waals surface area contributed by atoms with Gasteiger partial charge in [-0.3, -0.25) is 9.48 Å². The Morgan fingerprint density at radius 3 is 2.67 bits per heavy atom. The molecule has 3 rings (SSSR count). The van der Waals surface area contributed by atoms with Crippen LogP contribution in [0.3, 0.4) is 0 Å².